The van der Waals surface area contributed by atoms with Crippen LogP contribution in [0.3, 0.4) is 0 Å². The molecule has 1 fully saturated rings. The average Bonchev–Trinajstić information content (AvgIpc) is 2.91. The molecule has 0 aliphatic carbocycles. The molecule has 21 heavy (non-hydrogen) atoms. The molecule has 1 aliphatic rings. The van der Waals surface area contributed by atoms with Gasteiger partial charge in [-0.2, -0.15) is 0 Å². The van der Waals surface area contributed by atoms with Crippen molar-refractivity contribution in [2.45, 2.75) is 26.3 Å². The van der Waals surface area contributed by atoms with Gasteiger partial charge in [0.25, 0.3) is 0 Å². The highest BCUT2D eigenvalue weighted by molar-refractivity contribution is 5.86. The Kier molecular flexibility index (Phi) is 4.57. The summed E-state index contributed by atoms with van der Waals surface area (Å²) in [5.74, 6) is 0.847. The minimum Gasteiger partial charge on any atom is -0.309 e. The molecule has 2 aromatic carbocycles. The number of likely N-dealkylation sites (N-methyl/N-ethyl adjacent to an activating group) is 1. The van der Waals surface area contributed by atoms with Gasteiger partial charge in [0.05, 0.1) is 0 Å². The van der Waals surface area contributed by atoms with Crippen LogP contribution in [0.2, 0.25) is 0 Å². The highest BCUT2D eigenvalue weighted by atomic mass is 15.2. The lowest BCUT2D eigenvalue weighted by molar-refractivity contribution is 0.287. The Morgan fingerprint density at radius 3 is 2.76 bits per heavy atom. The van der Waals surface area contributed by atoms with Crippen LogP contribution in [-0.2, 0) is 0 Å². The Labute approximate surface area is 128 Å². The molecule has 0 spiro atoms. The van der Waals surface area contributed by atoms with Gasteiger partial charge in [-0.25, -0.2) is 0 Å². The van der Waals surface area contributed by atoms with Crippen LogP contribution in [0.15, 0.2) is 42.5 Å². The molecule has 1 heterocycles. The maximum atomic E-state index is 3.69. The van der Waals surface area contributed by atoms with Crippen LogP contribution in [0.25, 0.3) is 10.8 Å². The van der Waals surface area contributed by atoms with Gasteiger partial charge in [-0.1, -0.05) is 56.3 Å². The smallest absolute Gasteiger partial charge is 0.0455 e. The number of nitrogens with zero attached hydrogens (tertiary/aromatic N) is 1. The Balaban J connectivity index is 1.88. The second kappa shape index (κ2) is 6.59. The van der Waals surface area contributed by atoms with Crippen LogP contribution in [-0.4, -0.2) is 31.1 Å². The summed E-state index contributed by atoms with van der Waals surface area (Å²) in [7, 11) is 0. The zero-order chi connectivity index (χ0) is 14.7. The minimum atomic E-state index is 0.423. The number of likely N-dealkylation sites (tertiary alicyclic amines) is 1. The summed E-state index contributed by atoms with van der Waals surface area (Å²) in [6.45, 7) is 9.18. The van der Waals surface area contributed by atoms with Crippen LogP contribution >= 0.6 is 0 Å². The van der Waals surface area contributed by atoms with Crippen LogP contribution in [0.1, 0.15) is 31.9 Å². The molecule has 2 aromatic rings. The lowest BCUT2D eigenvalue weighted by Crippen LogP contribution is -2.34. The molecule has 0 aromatic heterocycles. The van der Waals surface area contributed by atoms with Gasteiger partial charge in [0.15, 0.2) is 0 Å². The van der Waals surface area contributed by atoms with E-state index < -0.39 is 0 Å². The van der Waals surface area contributed by atoms with E-state index in [0.717, 1.165) is 19.0 Å². The lowest BCUT2D eigenvalue weighted by atomic mass is 9.98. The van der Waals surface area contributed by atoms with Gasteiger partial charge in [0, 0.05) is 19.1 Å². The number of fused-ring (bicyclic) bond motifs is 1. The van der Waals surface area contributed by atoms with Gasteiger partial charge in [-0.3, -0.25) is 0 Å². The van der Waals surface area contributed by atoms with Gasteiger partial charge in [0.2, 0.25) is 0 Å². The van der Waals surface area contributed by atoms with Gasteiger partial charge >= 0.3 is 0 Å². The molecule has 1 N–H and O–H groups in total. The quantitative estimate of drug-likeness (QED) is 0.896. The standard InChI is InChI=1S/C19H26N2/c1-3-20-19(14-21-12-11-15(2)13-21)18-10-6-8-16-7-4-5-9-17(16)18/h4-10,15,19-20H,3,11-14H2,1-2H3. The summed E-state index contributed by atoms with van der Waals surface area (Å²) in [4.78, 5) is 2.61. The summed E-state index contributed by atoms with van der Waals surface area (Å²) in [6, 6.07) is 15.8. The first kappa shape index (κ1) is 14.6. The first-order valence-corrected chi connectivity index (χ1v) is 8.21. The highest BCUT2D eigenvalue weighted by Crippen LogP contribution is 2.26. The van der Waals surface area contributed by atoms with Crippen molar-refractivity contribution in [2.24, 2.45) is 5.92 Å². The van der Waals surface area contributed by atoms with E-state index in [-0.39, 0.29) is 0 Å². The normalized spacial score (nSPS) is 21.0. The van der Waals surface area contributed by atoms with Crippen molar-refractivity contribution in [1.82, 2.24) is 10.2 Å². The van der Waals surface area contributed by atoms with Gasteiger partial charge in [0.1, 0.15) is 0 Å². The molecule has 0 amide bonds. The van der Waals surface area contributed by atoms with Crippen LogP contribution in [0.4, 0.5) is 0 Å². The molecule has 2 nitrogen and oxygen atoms in total. The molecule has 0 radical (unpaired) electrons. The van der Waals surface area contributed by atoms with Gasteiger partial charge < -0.3 is 10.2 Å². The Hall–Kier alpha value is -1.38. The van der Waals surface area contributed by atoms with Gasteiger partial charge in [-0.15, -0.1) is 0 Å². The van der Waals surface area contributed by atoms with E-state index >= 15 is 0 Å². The SMILES string of the molecule is CCNC(CN1CCC(C)C1)c1cccc2ccccc12. The largest absolute Gasteiger partial charge is 0.309 e. The minimum absolute atomic E-state index is 0.423. The van der Waals surface area contributed by atoms with E-state index in [1.54, 1.807) is 0 Å². The maximum absolute atomic E-state index is 3.69. The zero-order valence-corrected chi connectivity index (χ0v) is 13.2. The molecule has 0 saturated carbocycles. The van der Waals surface area contributed by atoms with Crippen molar-refractivity contribution >= 4 is 10.8 Å². The lowest BCUT2D eigenvalue weighted by Gasteiger charge is -2.26. The van der Waals surface area contributed by atoms with Gasteiger partial charge in [-0.05, 0) is 41.8 Å². The molecule has 2 unspecified atom stereocenters. The Morgan fingerprint density at radius 2 is 2.00 bits per heavy atom. The molecule has 0 bridgehead atoms. The second-order valence-corrected chi connectivity index (χ2v) is 6.33. The summed E-state index contributed by atoms with van der Waals surface area (Å²) in [5.41, 5.74) is 1.44. The fraction of sp³-hybridized carbons (Fsp3) is 0.474. The molecule has 2 heteroatoms. The molecule has 112 valence electrons. The summed E-state index contributed by atoms with van der Waals surface area (Å²) < 4.78 is 0. The fourth-order valence-corrected chi connectivity index (χ4v) is 3.52. The zero-order valence-electron chi connectivity index (χ0n) is 13.2. The maximum Gasteiger partial charge on any atom is 0.0455 e. The Morgan fingerprint density at radius 1 is 1.19 bits per heavy atom. The first-order valence-electron chi connectivity index (χ1n) is 8.21. The number of nitrogens with one attached hydrogen (secondary N) is 1. The highest BCUT2D eigenvalue weighted by Gasteiger charge is 2.23. The van der Waals surface area contributed by atoms with Crippen LogP contribution < -0.4 is 5.32 Å². The predicted molar refractivity (Wildman–Crippen MR) is 90.6 cm³/mol. The molecule has 2 atom stereocenters. The summed E-state index contributed by atoms with van der Waals surface area (Å²) in [6.07, 6.45) is 1.34. The number of hydrogen-bond acceptors (Lipinski definition) is 2. The number of hydrogen-bond donors (Lipinski definition) is 1. The van der Waals surface area contributed by atoms with Crippen LogP contribution in [0, 0.1) is 5.92 Å². The number of benzene rings is 2. The second-order valence-electron chi connectivity index (χ2n) is 6.33. The van der Waals surface area contributed by atoms with E-state index in [4.69, 9.17) is 0 Å². The van der Waals surface area contributed by atoms with Crippen molar-refractivity contribution in [1.29, 1.82) is 0 Å². The van der Waals surface area contributed by atoms with E-state index in [9.17, 15) is 0 Å². The third-order valence-corrected chi connectivity index (χ3v) is 4.60. The first-order chi connectivity index (χ1) is 10.3. The van der Waals surface area contributed by atoms with Crippen molar-refractivity contribution in [2.75, 3.05) is 26.2 Å². The third kappa shape index (κ3) is 3.28. The molecular weight excluding hydrogens is 256 g/mol. The molecule has 1 aliphatic heterocycles. The molecule has 1 saturated heterocycles. The van der Waals surface area contributed by atoms with E-state index in [1.165, 1.54) is 35.8 Å². The topological polar surface area (TPSA) is 15.3 Å². The monoisotopic (exact) mass is 282 g/mol. The molecule has 3 rings (SSSR count). The predicted octanol–water partition coefficient (Wildman–Crippen LogP) is 3.83. The molecular formula is C19H26N2. The van der Waals surface area contributed by atoms with Crippen LogP contribution in [0.5, 0.6) is 0 Å². The third-order valence-electron chi connectivity index (χ3n) is 4.60. The van der Waals surface area contributed by atoms with E-state index in [2.05, 4.69) is 66.5 Å². The average molecular weight is 282 g/mol. The van der Waals surface area contributed by atoms with Crippen molar-refractivity contribution < 1.29 is 0 Å². The summed E-state index contributed by atoms with van der Waals surface area (Å²) >= 11 is 0. The van der Waals surface area contributed by atoms with E-state index in [0.29, 0.717) is 6.04 Å². The fourth-order valence-electron chi connectivity index (χ4n) is 3.52. The number of rotatable bonds is 5. The van der Waals surface area contributed by atoms with Crippen molar-refractivity contribution in [3.05, 3.63) is 48.0 Å². The summed E-state index contributed by atoms with van der Waals surface area (Å²) in [5, 5.41) is 6.42. The Bertz CT molecular complexity index is 588. The van der Waals surface area contributed by atoms with Crippen molar-refractivity contribution in [3.8, 4) is 0 Å². The van der Waals surface area contributed by atoms with Crippen molar-refractivity contribution in [3.63, 3.8) is 0 Å². The van der Waals surface area contributed by atoms with E-state index in [1.807, 2.05) is 0 Å².